The fraction of sp³-hybridized carbons (Fsp3) is 0.200. The van der Waals surface area contributed by atoms with Gasteiger partial charge in [-0.25, -0.2) is 13.8 Å². The van der Waals surface area contributed by atoms with Gasteiger partial charge in [0.1, 0.15) is 18.0 Å². The van der Waals surface area contributed by atoms with Gasteiger partial charge in [0.15, 0.2) is 0 Å². The minimum Gasteiger partial charge on any atom is -0.497 e. The van der Waals surface area contributed by atoms with E-state index in [4.69, 9.17) is 9.47 Å². The summed E-state index contributed by atoms with van der Waals surface area (Å²) in [6.45, 7) is 1.56. The zero-order chi connectivity index (χ0) is 24.6. The fourth-order valence-electron chi connectivity index (χ4n) is 3.21. The Morgan fingerprint density at radius 3 is 2.32 bits per heavy atom. The molecule has 0 atom stereocenters. The maximum absolute atomic E-state index is 13.3. The molecule has 0 aliphatic heterocycles. The van der Waals surface area contributed by atoms with E-state index >= 15 is 0 Å². The molecule has 34 heavy (non-hydrogen) atoms. The molecule has 1 amide bonds. The molecule has 8 nitrogen and oxygen atoms in total. The molecular weight excluding hydrogens is 454 g/mol. The molecule has 0 unspecified atom stereocenters. The largest absolute Gasteiger partial charge is 0.497 e. The van der Waals surface area contributed by atoms with Crippen molar-refractivity contribution in [2.24, 2.45) is 5.10 Å². The molecule has 1 N–H and O–H groups in total. The number of anilines is 1. The quantitative estimate of drug-likeness (QED) is 0.352. The Bertz CT molecular complexity index is 1240. The van der Waals surface area contributed by atoms with Crippen LogP contribution in [0.4, 0.5) is 5.69 Å². The molecule has 0 saturated heterocycles. The molecule has 0 heterocycles. The maximum Gasteiger partial charge on any atom is 0.264 e. The van der Waals surface area contributed by atoms with Crippen LogP contribution < -0.4 is 19.2 Å². The Labute approximate surface area is 199 Å². The summed E-state index contributed by atoms with van der Waals surface area (Å²) >= 11 is 0. The van der Waals surface area contributed by atoms with E-state index < -0.39 is 22.5 Å². The Balaban J connectivity index is 1.84. The summed E-state index contributed by atoms with van der Waals surface area (Å²) in [4.78, 5) is 12.8. The number of nitrogens with zero attached hydrogens (tertiary/aromatic N) is 2. The highest BCUT2D eigenvalue weighted by molar-refractivity contribution is 7.92. The summed E-state index contributed by atoms with van der Waals surface area (Å²) in [5.74, 6) is 0.546. The number of hydrogen-bond acceptors (Lipinski definition) is 6. The smallest absolute Gasteiger partial charge is 0.264 e. The van der Waals surface area contributed by atoms with Gasteiger partial charge in [0.2, 0.25) is 0 Å². The van der Waals surface area contributed by atoms with E-state index in [0.29, 0.717) is 22.7 Å². The van der Waals surface area contributed by atoms with Gasteiger partial charge < -0.3 is 9.47 Å². The lowest BCUT2D eigenvalue weighted by Gasteiger charge is -2.24. The molecule has 3 rings (SSSR count). The molecule has 178 valence electrons. The second kappa shape index (κ2) is 11.3. The number of ether oxygens (including phenoxy) is 2. The van der Waals surface area contributed by atoms with E-state index in [0.717, 1.165) is 16.3 Å². The predicted molar refractivity (Wildman–Crippen MR) is 132 cm³/mol. The zero-order valence-corrected chi connectivity index (χ0v) is 20.1. The van der Waals surface area contributed by atoms with Crippen molar-refractivity contribution in [3.05, 3.63) is 83.9 Å². The van der Waals surface area contributed by atoms with Gasteiger partial charge in [0.25, 0.3) is 15.9 Å². The maximum atomic E-state index is 13.3. The highest BCUT2D eigenvalue weighted by Crippen LogP contribution is 2.24. The highest BCUT2D eigenvalue weighted by Gasteiger charge is 2.27. The van der Waals surface area contributed by atoms with Crippen LogP contribution in [0.5, 0.6) is 11.5 Å². The van der Waals surface area contributed by atoms with E-state index in [1.807, 2.05) is 19.1 Å². The molecule has 0 aromatic heterocycles. The predicted octanol–water partition coefficient (Wildman–Crippen LogP) is 3.61. The number of benzene rings is 3. The van der Waals surface area contributed by atoms with Gasteiger partial charge in [-0.2, -0.15) is 5.10 Å². The first-order valence-electron chi connectivity index (χ1n) is 10.6. The molecule has 3 aromatic carbocycles. The van der Waals surface area contributed by atoms with Crippen LogP contribution in [0.3, 0.4) is 0 Å². The molecule has 0 fully saturated rings. The Kier molecular flexibility index (Phi) is 8.26. The van der Waals surface area contributed by atoms with Crippen molar-refractivity contribution in [3.63, 3.8) is 0 Å². The number of methoxy groups -OCH3 is 2. The van der Waals surface area contributed by atoms with Crippen molar-refractivity contribution in [2.45, 2.75) is 18.2 Å². The molecule has 0 spiro atoms. The summed E-state index contributed by atoms with van der Waals surface area (Å²) in [6.07, 6.45) is 2.22. The number of hydrazone groups is 1. The van der Waals surface area contributed by atoms with E-state index in [1.165, 1.54) is 25.5 Å². The van der Waals surface area contributed by atoms with Crippen LogP contribution in [0.2, 0.25) is 0 Å². The van der Waals surface area contributed by atoms with Crippen LogP contribution in [0.25, 0.3) is 0 Å². The number of hydrogen-bond donors (Lipinski definition) is 1. The number of carbonyl (C=O) groups is 1. The van der Waals surface area contributed by atoms with E-state index in [2.05, 4.69) is 10.5 Å². The molecule has 0 bridgehead atoms. The fourth-order valence-corrected chi connectivity index (χ4v) is 4.65. The lowest BCUT2D eigenvalue weighted by atomic mass is 10.1. The van der Waals surface area contributed by atoms with Crippen molar-refractivity contribution < 1.29 is 22.7 Å². The number of nitrogens with one attached hydrogen (secondary N) is 1. The number of sulfonamides is 1. The molecule has 0 radical (unpaired) electrons. The Hall–Kier alpha value is -3.85. The van der Waals surface area contributed by atoms with Crippen molar-refractivity contribution in [1.82, 2.24) is 5.43 Å². The average Bonchev–Trinajstić information content (AvgIpc) is 2.87. The molecule has 9 heteroatoms. The molecule has 0 aliphatic rings. The Morgan fingerprint density at radius 1 is 1.00 bits per heavy atom. The first kappa shape index (κ1) is 24.8. The third kappa shape index (κ3) is 5.93. The van der Waals surface area contributed by atoms with Gasteiger partial charge in [-0.05, 0) is 54.4 Å². The third-order valence-corrected chi connectivity index (χ3v) is 6.87. The molecular formula is C25H27N3O5S. The zero-order valence-electron chi connectivity index (χ0n) is 19.3. The van der Waals surface area contributed by atoms with Crippen LogP contribution in [-0.2, 0) is 21.2 Å². The van der Waals surface area contributed by atoms with E-state index in [1.54, 1.807) is 55.6 Å². The van der Waals surface area contributed by atoms with E-state index in [9.17, 15) is 13.2 Å². The van der Waals surface area contributed by atoms with Crippen molar-refractivity contribution >= 4 is 27.8 Å². The van der Waals surface area contributed by atoms with Gasteiger partial charge in [-0.3, -0.25) is 9.10 Å². The number of aryl methyl sites for hydroxylation is 1. The van der Waals surface area contributed by atoms with Gasteiger partial charge >= 0.3 is 0 Å². The monoisotopic (exact) mass is 481 g/mol. The highest BCUT2D eigenvalue weighted by atomic mass is 32.2. The van der Waals surface area contributed by atoms with Gasteiger partial charge in [-0.15, -0.1) is 0 Å². The summed E-state index contributed by atoms with van der Waals surface area (Å²) in [5.41, 5.74) is 4.42. The molecule has 3 aromatic rings. The summed E-state index contributed by atoms with van der Waals surface area (Å²) in [7, 11) is -0.919. The average molecular weight is 482 g/mol. The van der Waals surface area contributed by atoms with Crippen LogP contribution in [0.15, 0.2) is 82.8 Å². The normalized spacial score (nSPS) is 11.3. The van der Waals surface area contributed by atoms with Crippen LogP contribution in [0, 0.1) is 0 Å². The van der Waals surface area contributed by atoms with Crippen LogP contribution in [0.1, 0.15) is 18.1 Å². The SMILES string of the molecule is CCc1ccc(N(CC(=O)N/N=C\c2cc(OC)ccc2OC)S(=O)(=O)c2ccccc2)cc1. The van der Waals surface area contributed by atoms with Crippen molar-refractivity contribution in [1.29, 1.82) is 0 Å². The van der Waals surface area contributed by atoms with Crippen molar-refractivity contribution in [3.8, 4) is 11.5 Å². The summed E-state index contributed by atoms with van der Waals surface area (Å²) < 4.78 is 38.3. The lowest BCUT2D eigenvalue weighted by Crippen LogP contribution is -2.39. The standard InChI is InChI=1S/C25H27N3O5S/c1-4-19-10-12-21(13-11-19)28(34(30,31)23-8-6-5-7-9-23)18-25(29)27-26-17-20-16-22(32-2)14-15-24(20)33-3/h5-17H,4,18H2,1-3H3,(H,27,29)/b26-17-. The first-order chi connectivity index (χ1) is 16.4. The van der Waals surface area contributed by atoms with Gasteiger partial charge in [0, 0.05) is 5.56 Å². The summed E-state index contributed by atoms with van der Waals surface area (Å²) in [6, 6.07) is 20.2. The lowest BCUT2D eigenvalue weighted by molar-refractivity contribution is -0.119. The first-order valence-corrected chi connectivity index (χ1v) is 12.0. The number of rotatable bonds is 10. The van der Waals surface area contributed by atoms with Crippen LogP contribution >= 0.6 is 0 Å². The van der Waals surface area contributed by atoms with Gasteiger partial charge in [-0.1, -0.05) is 37.3 Å². The summed E-state index contributed by atoms with van der Waals surface area (Å²) in [5, 5.41) is 3.97. The second-order valence-electron chi connectivity index (χ2n) is 7.25. The molecule has 0 aliphatic carbocycles. The number of carbonyl (C=O) groups excluding carboxylic acids is 1. The minimum absolute atomic E-state index is 0.0898. The van der Waals surface area contributed by atoms with Gasteiger partial charge in [0.05, 0.1) is 31.0 Å². The van der Waals surface area contributed by atoms with E-state index in [-0.39, 0.29) is 4.90 Å². The van der Waals surface area contributed by atoms with Crippen LogP contribution in [-0.4, -0.2) is 41.3 Å². The minimum atomic E-state index is -3.98. The third-order valence-electron chi connectivity index (χ3n) is 5.08. The molecule has 0 saturated carbocycles. The van der Waals surface area contributed by atoms with Crippen molar-refractivity contribution in [2.75, 3.05) is 25.1 Å². The number of amides is 1. The topological polar surface area (TPSA) is 97.3 Å². The Morgan fingerprint density at radius 2 is 1.71 bits per heavy atom. The second-order valence-corrected chi connectivity index (χ2v) is 9.11.